The molecule has 0 aromatic carbocycles. The first-order chi connectivity index (χ1) is 13.9. The molecule has 0 radical (unpaired) electrons. The van der Waals surface area contributed by atoms with E-state index in [1.165, 1.54) is 5.57 Å². The molecule has 0 aliphatic heterocycles. The number of allylic oxidation sites excluding steroid dienone is 8. The summed E-state index contributed by atoms with van der Waals surface area (Å²) in [7, 11) is 2.12. The quantitative estimate of drug-likeness (QED) is 0.312. The Morgan fingerprint density at radius 1 is 1.03 bits per heavy atom. The molecule has 0 bridgehead atoms. The van der Waals surface area contributed by atoms with Crippen molar-refractivity contribution in [2.24, 2.45) is 23.2 Å². The number of likely N-dealkylation sites (N-methyl/N-ethyl adjacent to an activating group) is 1. The van der Waals surface area contributed by atoms with Crippen LogP contribution in [-0.4, -0.2) is 24.5 Å². The van der Waals surface area contributed by atoms with E-state index < -0.39 is 0 Å². The first-order valence-corrected chi connectivity index (χ1v) is 11.0. The summed E-state index contributed by atoms with van der Waals surface area (Å²) in [5, 5.41) is 9.25. The molecule has 3 atom stereocenters. The van der Waals surface area contributed by atoms with Gasteiger partial charge in [0.1, 0.15) is 0 Å². The van der Waals surface area contributed by atoms with Gasteiger partial charge in [-0.25, -0.2) is 0 Å². The summed E-state index contributed by atoms with van der Waals surface area (Å²) < 4.78 is 0. The van der Waals surface area contributed by atoms with Gasteiger partial charge in [-0.3, -0.25) is 4.90 Å². The van der Waals surface area contributed by atoms with Gasteiger partial charge in [0.2, 0.25) is 0 Å². The highest BCUT2D eigenvalue weighted by Crippen LogP contribution is 2.29. The van der Waals surface area contributed by atoms with Gasteiger partial charge in [-0.2, -0.15) is 5.26 Å². The van der Waals surface area contributed by atoms with Crippen LogP contribution < -0.4 is 0 Å². The average Bonchev–Trinajstić information content (AvgIpc) is 2.65. The summed E-state index contributed by atoms with van der Waals surface area (Å²) >= 11 is 0. The van der Waals surface area contributed by atoms with Crippen molar-refractivity contribution in [2.75, 3.05) is 13.6 Å². The molecule has 0 N–H and O–H groups in total. The highest BCUT2D eigenvalue weighted by Gasteiger charge is 2.28. The van der Waals surface area contributed by atoms with Crippen molar-refractivity contribution in [3.05, 3.63) is 72.9 Å². The normalized spacial score (nSPS) is 16.5. The maximum Gasteiger partial charge on any atom is 0.0625 e. The first-order valence-electron chi connectivity index (χ1n) is 11.0. The van der Waals surface area contributed by atoms with Crippen molar-refractivity contribution >= 4 is 0 Å². The fourth-order valence-corrected chi connectivity index (χ4v) is 3.41. The van der Waals surface area contributed by atoms with E-state index in [9.17, 15) is 5.26 Å². The Morgan fingerprint density at radius 2 is 1.60 bits per heavy atom. The van der Waals surface area contributed by atoms with Crippen LogP contribution in [0.5, 0.6) is 0 Å². The van der Waals surface area contributed by atoms with Crippen LogP contribution in [0.1, 0.15) is 54.9 Å². The monoisotopic (exact) mass is 408 g/mol. The summed E-state index contributed by atoms with van der Waals surface area (Å²) in [6, 6.07) is 2.71. The maximum atomic E-state index is 9.25. The van der Waals surface area contributed by atoms with Crippen molar-refractivity contribution < 1.29 is 0 Å². The standard InChI is InChI=1S/C28H44N2/c1-11-26(28(7,8)9)18-16-14-12-13-15-17-23(4)21-30(10)25(6)27(19-20-29)24(5)22(2)3/h11-18,22,24-25,27H,1,4,19,21H2,2-3,5-10H3/b13-12+,16-14+,17-15-,26-18+/t24?,25?,27-/m1/s1. The molecule has 0 saturated carbocycles. The van der Waals surface area contributed by atoms with Crippen molar-refractivity contribution in [3.63, 3.8) is 0 Å². The molecule has 0 spiro atoms. The molecule has 0 aliphatic rings. The highest BCUT2D eigenvalue weighted by molar-refractivity contribution is 5.29. The lowest BCUT2D eigenvalue weighted by molar-refractivity contribution is 0.139. The molecule has 2 heteroatoms. The number of hydrogen-bond acceptors (Lipinski definition) is 2. The third kappa shape index (κ3) is 10.6. The van der Waals surface area contributed by atoms with Crippen LogP contribution in [0.15, 0.2) is 72.9 Å². The topological polar surface area (TPSA) is 27.0 Å². The van der Waals surface area contributed by atoms with E-state index in [0.717, 1.165) is 12.1 Å². The Morgan fingerprint density at radius 3 is 2.10 bits per heavy atom. The molecule has 0 saturated heterocycles. The minimum atomic E-state index is 0.107. The van der Waals surface area contributed by atoms with Crippen LogP contribution in [0.2, 0.25) is 0 Å². The molecule has 0 fully saturated rings. The largest absolute Gasteiger partial charge is 0.299 e. The highest BCUT2D eigenvalue weighted by atomic mass is 15.1. The summed E-state index contributed by atoms with van der Waals surface area (Å²) in [6.45, 7) is 24.4. The second-order valence-corrected chi connectivity index (χ2v) is 9.65. The zero-order chi connectivity index (χ0) is 23.3. The van der Waals surface area contributed by atoms with Crippen LogP contribution in [0.25, 0.3) is 0 Å². The van der Waals surface area contributed by atoms with Gasteiger partial charge in [0.05, 0.1) is 6.07 Å². The van der Waals surface area contributed by atoms with E-state index in [2.05, 4.69) is 91.8 Å². The van der Waals surface area contributed by atoms with Crippen molar-refractivity contribution in [2.45, 2.75) is 60.9 Å². The van der Waals surface area contributed by atoms with Crippen LogP contribution in [0.3, 0.4) is 0 Å². The van der Waals surface area contributed by atoms with E-state index in [-0.39, 0.29) is 5.41 Å². The molecule has 166 valence electrons. The van der Waals surface area contributed by atoms with Gasteiger partial charge in [0.15, 0.2) is 0 Å². The summed E-state index contributed by atoms with van der Waals surface area (Å²) in [6.07, 6.45) is 16.8. The van der Waals surface area contributed by atoms with Crippen molar-refractivity contribution in [1.82, 2.24) is 4.90 Å². The number of nitrogens with zero attached hydrogens (tertiary/aromatic N) is 2. The van der Waals surface area contributed by atoms with Gasteiger partial charge in [0.25, 0.3) is 0 Å². The zero-order valence-corrected chi connectivity index (χ0v) is 20.7. The van der Waals surface area contributed by atoms with Crippen molar-refractivity contribution in [3.8, 4) is 6.07 Å². The van der Waals surface area contributed by atoms with Gasteiger partial charge in [-0.05, 0) is 48.3 Å². The van der Waals surface area contributed by atoms with Crippen LogP contribution in [-0.2, 0) is 0 Å². The van der Waals surface area contributed by atoms with Gasteiger partial charge in [0, 0.05) is 19.0 Å². The second kappa shape index (κ2) is 14.0. The smallest absolute Gasteiger partial charge is 0.0625 e. The predicted molar refractivity (Wildman–Crippen MR) is 134 cm³/mol. The maximum absolute atomic E-state index is 9.25. The van der Waals surface area contributed by atoms with E-state index in [4.69, 9.17) is 0 Å². The Labute approximate surface area is 187 Å². The Balaban J connectivity index is 4.77. The van der Waals surface area contributed by atoms with E-state index in [1.807, 2.05) is 36.5 Å². The lowest BCUT2D eigenvalue weighted by Crippen LogP contribution is -2.40. The zero-order valence-electron chi connectivity index (χ0n) is 20.7. The third-order valence-electron chi connectivity index (χ3n) is 5.96. The number of hydrogen-bond donors (Lipinski definition) is 0. The van der Waals surface area contributed by atoms with Crippen LogP contribution >= 0.6 is 0 Å². The van der Waals surface area contributed by atoms with E-state index in [1.54, 1.807) is 0 Å². The molecule has 0 rings (SSSR count). The summed E-state index contributed by atoms with van der Waals surface area (Å²) in [4.78, 5) is 2.31. The molecule has 0 amide bonds. The SMILES string of the molecule is C=C\C(=C/C=C/C=C/C=C\C(=C)CN(C)C(C)[C@H](CC#N)C(C)C(C)C)C(C)(C)C. The average molecular weight is 409 g/mol. The molecule has 0 heterocycles. The molecule has 2 unspecified atom stereocenters. The van der Waals surface area contributed by atoms with Crippen LogP contribution in [0, 0.1) is 34.5 Å². The fourth-order valence-electron chi connectivity index (χ4n) is 3.41. The Hall–Kier alpha value is -2.11. The van der Waals surface area contributed by atoms with E-state index in [0.29, 0.717) is 30.2 Å². The molecular formula is C28H44N2. The Bertz CT molecular complexity index is 689. The summed E-state index contributed by atoms with van der Waals surface area (Å²) in [5.74, 6) is 1.44. The van der Waals surface area contributed by atoms with Crippen LogP contribution in [0.4, 0.5) is 0 Å². The molecular weight excluding hydrogens is 364 g/mol. The molecule has 0 aromatic heterocycles. The lowest BCUT2D eigenvalue weighted by Gasteiger charge is -2.36. The molecule has 0 aromatic rings. The minimum absolute atomic E-state index is 0.107. The van der Waals surface area contributed by atoms with Crippen molar-refractivity contribution in [1.29, 1.82) is 5.26 Å². The molecule has 2 nitrogen and oxygen atoms in total. The third-order valence-corrected chi connectivity index (χ3v) is 5.96. The number of rotatable bonds is 12. The predicted octanol–water partition coefficient (Wildman–Crippen LogP) is 7.51. The second-order valence-electron chi connectivity index (χ2n) is 9.65. The van der Waals surface area contributed by atoms with Gasteiger partial charge < -0.3 is 0 Å². The lowest BCUT2D eigenvalue weighted by atomic mass is 9.78. The number of nitriles is 1. The van der Waals surface area contributed by atoms with E-state index >= 15 is 0 Å². The van der Waals surface area contributed by atoms with Gasteiger partial charge in [-0.15, -0.1) is 0 Å². The van der Waals surface area contributed by atoms with Gasteiger partial charge >= 0.3 is 0 Å². The molecule has 0 aliphatic carbocycles. The molecule has 30 heavy (non-hydrogen) atoms. The minimum Gasteiger partial charge on any atom is -0.299 e. The fraction of sp³-hybridized carbons (Fsp3) is 0.536. The summed E-state index contributed by atoms with van der Waals surface area (Å²) in [5.41, 5.74) is 2.39. The van der Waals surface area contributed by atoms with Gasteiger partial charge in [-0.1, -0.05) is 103 Å². The first kappa shape index (κ1) is 27.9. The Kier molecular flexibility index (Phi) is 13.0.